The van der Waals surface area contributed by atoms with Crippen molar-refractivity contribution in [1.29, 1.82) is 0 Å². The van der Waals surface area contributed by atoms with Crippen molar-refractivity contribution in [2.24, 2.45) is 0 Å². The lowest BCUT2D eigenvalue weighted by molar-refractivity contribution is -0.104. The number of rotatable bonds is 8. The van der Waals surface area contributed by atoms with Crippen molar-refractivity contribution in [2.75, 3.05) is 23.1 Å². The highest BCUT2D eigenvalue weighted by Crippen LogP contribution is 2.46. The monoisotopic (exact) mass is 652 g/mol. The Labute approximate surface area is 252 Å². The Hall–Kier alpha value is -4.18. The first-order valence-corrected chi connectivity index (χ1v) is 15.6. The molecule has 1 aliphatic carbocycles. The van der Waals surface area contributed by atoms with Crippen molar-refractivity contribution in [3.05, 3.63) is 82.0 Å². The summed E-state index contributed by atoms with van der Waals surface area (Å²) in [6.45, 7) is 0.588. The van der Waals surface area contributed by atoms with Crippen LogP contribution in [-0.2, 0) is 15.8 Å². The molecule has 0 bridgehead atoms. The van der Waals surface area contributed by atoms with Gasteiger partial charge in [0.1, 0.15) is 17.5 Å². The zero-order chi connectivity index (χ0) is 32.1. The summed E-state index contributed by atoms with van der Waals surface area (Å²) in [6.07, 6.45) is -1.20. The Morgan fingerprint density at radius 1 is 1.02 bits per heavy atom. The van der Waals surface area contributed by atoms with Crippen LogP contribution in [0.15, 0.2) is 53.5 Å². The summed E-state index contributed by atoms with van der Waals surface area (Å²) in [4.78, 5) is 22.2. The average molecular weight is 653 g/mol. The number of hydrogen-bond donors (Lipinski definition) is 3. The van der Waals surface area contributed by atoms with E-state index in [2.05, 4.69) is 20.6 Å². The van der Waals surface area contributed by atoms with Crippen molar-refractivity contribution in [3.63, 3.8) is 0 Å². The molecule has 2 aliphatic rings. The zero-order valence-corrected chi connectivity index (χ0v) is 24.2. The van der Waals surface area contributed by atoms with E-state index in [1.54, 1.807) is 22.9 Å². The molecule has 2 atom stereocenters. The molecule has 3 N–H and O–H groups in total. The number of sulfonamides is 1. The van der Waals surface area contributed by atoms with Crippen molar-refractivity contribution in [3.8, 4) is 11.1 Å². The van der Waals surface area contributed by atoms with Gasteiger partial charge in [0.2, 0.25) is 16.0 Å². The number of benzene rings is 2. The van der Waals surface area contributed by atoms with Crippen LogP contribution in [-0.4, -0.2) is 54.2 Å². The number of aromatic nitrogens is 3. The summed E-state index contributed by atoms with van der Waals surface area (Å²) in [5.74, 6) is -8.88. The van der Waals surface area contributed by atoms with Crippen LogP contribution in [0.4, 0.5) is 38.0 Å². The standard InChI is InChI=1S/C29H26F6N6O3S/c30-17-7-18(13-36-12-17)38-28-37-11-16-6-21(27(42)41(26(16)39-28)19-9-29(34,35)10-19)20-8-22(31)25(24(33)23(20)32)40-45(43,44)14-15-4-2-1-3-5-15/h1-6,8,11,17-19,36,40H,7,9-10,12-14H2,(H,37,38,39)/t17-,18-/m0/s1. The number of hydrogen-bond acceptors (Lipinski definition) is 7. The van der Waals surface area contributed by atoms with Crippen LogP contribution in [0.1, 0.15) is 30.9 Å². The first-order chi connectivity index (χ1) is 21.3. The van der Waals surface area contributed by atoms with E-state index < -0.39 is 92.6 Å². The average Bonchev–Trinajstić information content (AvgIpc) is 2.96. The maximum absolute atomic E-state index is 15.5. The Bertz CT molecular complexity index is 1940. The van der Waals surface area contributed by atoms with Crippen LogP contribution in [0.25, 0.3) is 22.2 Å². The van der Waals surface area contributed by atoms with Gasteiger partial charge in [0, 0.05) is 55.5 Å². The normalized spacial score (nSPS) is 20.1. The van der Waals surface area contributed by atoms with E-state index >= 15 is 13.2 Å². The van der Waals surface area contributed by atoms with Gasteiger partial charge >= 0.3 is 0 Å². The van der Waals surface area contributed by atoms with Crippen LogP contribution in [0.3, 0.4) is 0 Å². The smallest absolute Gasteiger partial charge is 0.260 e. The summed E-state index contributed by atoms with van der Waals surface area (Å²) in [6, 6.07) is 7.80. The Morgan fingerprint density at radius 2 is 1.76 bits per heavy atom. The number of nitrogens with one attached hydrogen (secondary N) is 3. The molecule has 0 spiro atoms. The van der Waals surface area contributed by atoms with Crippen molar-refractivity contribution in [1.82, 2.24) is 19.9 Å². The minimum Gasteiger partial charge on any atom is -0.350 e. The number of halogens is 6. The molecule has 45 heavy (non-hydrogen) atoms. The molecule has 2 aromatic carbocycles. The number of piperidine rings is 1. The lowest BCUT2D eigenvalue weighted by atomic mass is 9.87. The van der Waals surface area contributed by atoms with Gasteiger partial charge in [0.25, 0.3) is 11.5 Å². The van der Waals surface area contributed by atoms with E-state index in [0.29, 0.717) is 18.2 Å². The molecular formula is C29H26F6N6O3S. The quantitative estimate of drug-likeness (QED) is 0.183. The van der Waals surface area contributed by atoms with E-state index in [9.17, 15) is 26.4 Å². The minimum atomic E-state index is -4.39. The number of fused-ring (bicyclic) bond motifs is 1. The summed E-state index contributed by atoms with van der Waals surface area (Å²) >= 11 is 0. The lowest BCUT2D eigenvalue weighted by Crippen LogP contribution is -2.44. The fraction of sp³-hybridized carbons (Fsp3) is 0.345. The van der Waals surface area contributed by atoms with Gasteiger partial charge in [-0.3, -0.25) is 14.1 Å². The number of pyridine rings is 1. The van der Waals surface area contributed by atoms with Gasteiger partial charge in [-0.05, 0) is 17.7 Å². The molecular weight excluding hydrogens is 626 g/mol. The SMILES string of the molecule is O=c1c(-c2cc(F)c(NS(=O)(=O)Cc3ccccc3)c(F)c2F)cc2cnc(N[C@@H]3CNC[C@@H](F)C3)nc2n1C1CC(F)(F)C1. The molecule has 1 aliphatic heterocycles. The Morgan fingerprint density at radius 3 is 2.44 bits per heavy atom. The Balaban J connectivity index is 1.40. The number of nitrogens with zero attached hydrogens (tertiary/aromatic N) is 3. The molecule has 6 rings (SSSR count). The predicted octanol–water partition coefficient (Wildman–Crippen LogP) is 4.90. The third-order valence-corrected chi connectivity index (χ3v) is 8.97. The van der Waals surface area contributed by atoms with E-state index in [-0.39, 0.29) is 29.9 Å². The molecule has 1 saturated heterocycles. The Kier molecular flexibility index (Phi) is 7.97. The summed E-state index contributed by atoms with van der Waals surface area (Å²) in [5, 5.41) is 5.93. The van der Waals surface area contributed by atoms with Crippen LogP contribution < -0.4 is 20.9 Å². The molecule has 3 heterocycles. The van der Waals surface area contributed by atoms with Crippen molar-refractivity contribution < 1.29 is 34.8 Å². The molecule has 0 amide bonds. The highest BCUT2D eigenvalue weighted by atomic mass is 32.2. The lowest BCUT2D eigenvalue weighted by Gasteiger charge is -2.36. The summed E-state index contributed by atoms with van der Waals surface area (Å²) in [7, 11) is -4.39. The van der Waals surface area contributed by atoms with Crippen LogP contribution >= 0.6 is 0 Å². The maximum Gasteiger partial charge on any atom is 0.260 e. The third kappa shape index (κ3) is 6.33. The fourth-order valence-electron chi connectivity index (χ4n) is 5.59. The highest BCUT2D eigenvalue weighted by molar-refractivity contribution is 7.91. The molecule has 0 unspecified atom stereocenters. The van der Waals surface area contributed by atoms with E-state index in [1.807, 2.05) is 0 Å². The predicted molar refractivity (Wildman–Crippen MR) is 155 cm³/mol. The molecule has 9 nitrogen and oxygen atoms in total. The van der Waals surface area contributed by atoms with Gasteiger partial charge in [-0.25, -0.2) is 39.7 Å². The summed E-state index contributed by atoms with van der Waals surface area (Å²) in [5.41, 5.74) is -3.54. The van der Waals surface area contributed by atoms with Gasteiger partial charge in [0.05, 0.1) is 17.4 Å². The molecule has 1 saturated carbocycles. The topological polar surface area (TPSA) is 118 Å². The van der Waals surface area contributed by atoms with Gasteiger partial charge in [-0.2, -0.15) is 4.98 Å². The van der Waals surface area contributed by atoms with Gasteiger partial charge in [0.15, 0.2) is 17.5 Å². The van der Waals surface area contributed by atoms with Gasteiger partial charge < -0.3 is 10.6 Å². The highest BCUT2D eigenvalue weighted by Gasteiger charge is 2.47. The largest absolute Gasteiger partial charge is 0.350 e. The van der Waals surface area contributed by atoms with Gasteiger partial charge in [-0.15, -0.1) is 0 Å². The zero-order valence-electron chi connectivity index (χ0n) is 23.3. The van der Waals surface area contributed by atoms with Crippen LogP contribution in [0.5, 0.6) is 0 Å². The minimum absolute atomic E-state index is 0.00853. The third-order valence-electron chi connectivity index (χ3n) is 7.74. The molecule has 2 fully saturated rings. The second kappa shape index (κ2) is 11.6. The van der Waals surface area contributed by atoms with E-state index in [1.165, 1.54) is 18.3 Å². The van der Waals surface area contributed by atoms with Gasteiger partial charge in [-0.1, -0.05) is 30.3 Å². The molecule has 16 heteroatoms. The summed E-state index contributed by atoms with van der Waals surface area (Å²) < 4.78 is 116. The molecule has 4 aromatic rings. The second-order valence-corrected chi connectivity index (χ2v) is 12.9. The van der Waals surface area contributed by atoms with Crippen molar-refractivity contribution in [2.45, 2.75) is 49.2 Å². The molecule has 2 aromatic heterocycles. The van der Waals surface area contributed by atoms with Crippen LogP contribution in [0.2, 0.25) is 0 Å². The fourth-order valence-corrected chi connectivity index (χ4v) is 6.79. The van der Waals surface area contributed by atoms with E-state index in [0.717, 1.165) is 10.6 Å². The maximum atomic E-state index is 15.5. The van der Waals surface area contributed by atoms with Crippen molar-refractivity contribution >= 4 is 32.7 Å². The first-order valence-electron chi connectivity index (χ1n) is 13.9. The van der Waals surface area contributed by atoms with Crippen LogP contribution in [0, 0.1) is 17.5 Å². The first kappa shape index (κ1) is 30.8. The second-order valence-electron chi connectivity index (χ2n) is 11.2. The molecule has 238 valence electrons. The number of alkyl halides is 3. The van der Waals surface area contributed by atoms with E-state index in [4.69, 9.17) is 0 Å². The molecule has 0 radical (unpaired) electrons. The number of anilines is 2.